The fourth-order valence-electron chi connectivity index (χ4n) is 2.02. The summed E-state index contributed by atoms with van der Waals surface area (Å²) in [4.78, 5) is 2.55. The molecule has 0 radical (unpaired) electrons. The number of halogens is 1. The Bertz CT molecular complexity index is 256. The van der Waals surface area contributed by atoms with Gasteiger partial charge in [-0.2, -0.15) is 11.3 Å². The highest BCUT2D eigenvalue weighted by Crippen LogP contribution is 2.15. The van der Waals surface area contributed by atoms with E-state index in [4.69, 9.17) is 0 Å². The van der Waals surface area contributed by atoms with Gasteiger partial charge in [-0.05, 0) is 55.4 Å². The highest BCUT2D eigenvalue weighted by atomic mass is 35.5. The lowest BCUT2D eigenvalue weighted by atomic mass is 10.1. The zero-order valence-electron chi connectivity index (χ0n) is 9.11. The Morgan fingerprint density at radius 2 is 2.20 bits per heavy atom. The minimum Gasteiger partial charge on any atom is -0.317 e. The van der Waals surface area contributed by atoms with Crippen LogP contribution in [0.4, 0.5) is 0 Å². The standard InChI is InChI=1S/C11H18N2S.ClH/c1-12-11-2-5-13(6-3-11)8-10-4-7-14-9-10;/h4,7,9,11-12H,2-3,5-6,8H2,1H3;1H. The Balaban J connectivity index is 0.00000112. The van der Waals surface area contributed by atoms with E-state index < -0.39 is 0 Å². The molecule has 0 atom stereocenters. The molecule has 0 amide bonds. The number of rotatable bonds is 3. The van der Waals surface area contributed by atoms with Gasteiger partial charge in [0, 0.05) is 12.6 Å². The maximum atomic E-state index is 3.36. The Morgan fingerprint density at radius 3 is 2.73 bits per heavy atom. The summed E-state index contributed by atoms with van der Waals surface area (Å²) in [5.74, 6) is 0. The number of piperidine rings is 1. The molecule has 1 aromatic heterocycles. The summed E-state index contributed by atoms with van der Waals surface area (Å²) in [5, 5.41) is 7.78. The predicted molar refractivity (Wildman–Crippen MR) is 68.9 cm³/mol. The molecule has 1 fully saturated rings. The van der Waals surface area contributed by atoms with Gasteiger partial charge in [-0.15, -0.1) is 12.4 Å². The van der Waals surface area contributed by atoms with E-state index in [0.29, 0.717) is 0 Å². The van der Waals surface area contributed by atoms with Crippen LogP contribution in [0.15, 0.2) is 16.8 Å². The van der Waals surface area contributed by atoms with Crippen LogP contribution in [0.3, 0.4) is 0 Å². The lowest BCUT2D eigenvalue weighted by molar-refractivity contribution is 0.195. The van der Waals surface area contributed by atoms with Crippen molar-refractivity contribution in [3.05, 3.63) is 22.4 Å². The van der Waals surface area contributed by atoms with E-state index in [9.17, 15) is 0 Å². The van der Waals surface area contributed by atoms with Crippen LogP contribution < -0.4 is 5.32 Å². The minimum atomic E-state index is 0. The quantitative estimate of drug-likeness (QED) is 0.881. The van der Waals surface area contributed by atoms with Gasteiger partial charge in [0.25, 0.3) is 0 Å². The lowest BCUT2D eigenvalue weighted by Crippen LogP contribution is -2.40. The number of likely N-dealkylation sites (tertiary alicyclic amines) is 1. The fourth-order valence-corrected chi connectivity index (χ4v) is 2.68. The zero-order chi connectivity index (χ0) is 9.80. The van der Waals surface area contributed by atoms with Crippen LogP contribution in [0.5, 0.6) is 0 Å². The van der Waals surface area contributed by atoms with Gasteiger partial charge in [-0.1, -0.05) is 0 Å². The van der Waals surface area contributed by atoms with Gasteiger partial charge < -0.3 is 5.32 Å². The lowest BCUT2D eigenvalue weighted by Gasteiger charge is -2.31. The third-order valence-electron chi connectivity index (χ3n) is 2.98. The molecule has 0 saturated carbocycles. The molecule has 1 aliphatic heterocycles. The van der Waals surface area contributed by atoms with Gasteiger partial charge in [0.2, 0.25) is 0 Å². The molecule has 2 nitrogen and oxygen atoms in total. The third-order valence-corrected chi connectivity index (χ3v) is 3.71. The van der Waals surface area contributed by atoms with Crippen molar-refractivity contribution in [2.24, 2.45) is 0 Å². The van der Waals surface area contributed by atoms with Gasteiger partial charge in [0.05, 0.1) is 0 Å². The molecule has 0 unspecified atom stereocenters. The molecular formula is C11H19ClN2S. The van der Waals surface area contributed by atoms with E-state index in [1.807, 2.05) is 0 Å². The molecule has 86 valence electrons. The second kappa shape index (κ2) is 6.48. The van der Waals surface area contributed by atoms with Crippen molar-refractivity contribution in [1.29, 1.82) is 0 Å². The molecule has 0 aromatic carbocycles. The molecule has 1 saturated heterocycles. The van der Waals surface area contributed by atoms with Crippen molar-refractivity contribution < 1.29 is 0 Å². The van der Waals surface area contributed by atoms with E-state index in [1.54, 1.807) is 11.3 Å². The van der Waals surface area contributed by atoms with E-state index >= 15 is 0 Å². The maximum Gasteiger partial charge on any atom is 0.0242 e. The molecule has 2 rings (SSSR count). The molecule has 1 aromatic rings. The van der Waals surface area contributed by atoms with Crippen LogP contribution >= 0.6 is 23.7 Å². The fraction of sp³-hybridized carbons (Fsp3) is 0.636. The molecule has 0 bridgehead atoms. The zero-order valence-corrected chi connectivity index (χ0v) is 10.7. The Kier molecular flexibility index (Phi) is 5.61. The SMILES string of the molecule is CNC1CCN(Cc2ccsc2)CC1.Cl. The van der Waals surface area contributed by atoms with Gasteiger partial charge in [-0.25, -0.2) is 0 Å². The Morgan fingerprint density at radius 1 is 1.47 bits per heavy atom. The summed E-state index contributed by atoms with van der Waals surface area (Å²) in [6, 6.07) is 2.98. The smallest absolute Gasteiger partial charge is 0.0242 e. The predicted octanol–water partition coefficient (Wildman–Crippen LogP) is 2.35. The third kappa shape index (κ3) is 3.76. The van der Waals surface area contributed by atoms with Crippen molar-refractivity contribution >= 4 is 23.7 Å². The van der Waals surface area contributed by atoms with Gasteiger partial charge in [0.1, 0.15) is 0 Å². The van der Waals surface area contributed by atoms with Crippen LogP contribution in [0.25, 0.3) is 0 Å². The molecule has 1 aliphatic rings. The number of thiophene rings is 1. The Hall–Kier alpha value is -0.0900. The summed E-state index contributed by atoms with van der Waals surface area (Å²) in [5.41, 5.74) is 1.47. The van der Waals surface area contributed by atoms with E-state index in [-0.39, 0.29) is 12.4 Å². The van der Waals surface area contributed by atoms with Gasteiger partial charge in [0.15, 0.2) is 0 Å². The van der Waals surface area contributed by atoms with Gasteiger partial charge >= 0.3 is 0 Å². The van der Waals surface area contributed by atoms with Crippen molar-refractivity contribution in [1.82, 2.24) is 10.2 Å². The highest BCUT2D eigenvalue weighted by Gasteiger charge is 2.17. The topological polar surface area (TPSA) is 15.3 Å². The summed E-state index contributed by atoms with van der Waals surface area (Å²) in [6.45, 7) is 3.61. The number of hydrogen-bond donors (Lipinski definition) is 1. The normalized spacial score (nSPS) is 18.7. The van der Waals surface area contributed by atoms with Crippen LogP contribution in [0, 0.1) is 0 Å². The second-order valence-electron chi connectivity index (χ2n) is 3.97. The average Bonchev–Trinajstić information content (AvgIpc) is 2.72. The molecule has 2 heterocycles. The molecular weight excluding hydrogens is 228 g/mol. The average molecular weight is 247 g/mol. The van der Waals surface area contributed by atoms with E-state index in [0.717, 1.165) is 12.6 Å². The molecule has 4 heteroatoms. The first-order valence-corrected chi connectivity index (χ1v) is 6.23. The van der Waals surface area contributed by atoms with E-state index in [2.05, 4.69) is 34.1 Å². The summed E-state index contributed by atoms with van der Waals surface area (Å²) >= 11 is 1.79. The van der Waals surface area contributed by atoms with Crippen molar-refractivity contribution in [3.63, 3.8) is 0 Å². The van der Waals surface area contributed by atoms with Gasteiger partial charge in [-0.3, -0.25) is 4.90 Å². The van der Waals surface area contributed by atoms with Crippen LogP contribution in [-0.4, -0.2) is 31.1 Å². The van der Waals surface area contributed by atoms with Crippen LogP contribution in [0.2, 0.25) is 0 Å². The monoisotopic (exact) mass is 246 g/mol. The first-order chi connectivity index (χ1) is 6.88. The first-order valence-electron chi connectivity index (χ1n) is 5.29. The van der Waals surface area contributed by atoms with Crippen LogP contribution in [0.1, 0.15) is 18.4 Å². The summed E-state index contributed by atoms with van der Waals surface area (Å²) in [6.07, 6.45) is 2.58. The largest absolute Gasteiger partial charge is 0.317 e. The maximum absolute atomic E-state index is 3.36. The Labute approximate surface area is 102 Å². The number of nitrogens with zero attached hydrogens (tertiary/aromatic N) is 1. The summed E-state index contributed by atoms with van der Waals surface area (Å²) in [7, 11) is 2.07. The molecule has 15 heavy (non-hydrogen) atoms. The highest BCUT2D eigenvalue weighted by molar-refractivity contribution is 7.07. The second-order valence-corrected chi connectivity index (χ2v) is 4.75. The van der Waals surface area contributed by atoms with Crippen LogP contribution in [-0.2, 0) is 6.54 Å². The van der Waals surface area contributed by atoms with Crippen molar-refractivity contribution in [2.75, 3.05) is 20.1 Å². The molecule has 0 spiro atoms. The van der Waals surface area contributed by atoms with Crippen molar-refractivity contribution in [3.8, 4) is 0 Å². The summed E-state index contributed by atoms with van der Waals surface area (Å²) < 4.78 is 0. The number of hydrogen-bond acceptors (Lipinski definition) is 3. The number of nitrogens with one attached hydrogen (secondary N) is 1. The molecule has 1 N–H and O–H groups in total. The minimum absolute atomic E-state index is 0. The van der Waals surface area contributed by atoms with E-state index in [1.165, 1.54) is 31.5 Å². The first kappa shape index (κ1) is 13.0. The van der Waals surface area contributed by atoms with Crippen molar-refractivity contribution in [2.45, 2.75) is 25.4 Å². The molecule has 0 aliphatic carbocycles.